The standard InChI is InChI=1S/C6H3I3.CH2O2/c7-4-1-2-5(8)6(9)3-4;2-1-3/h1-3H;1H,(H,2,3). The van der Waals surface area contributed by atoms with Gasteiger partial charge in [0.25, 0.3) is 6.47 Å². The van der Waals surface area contributed by atoms with Gasteiger partial charge in [0.15, 0.2) is 0 Å². The zero-order chi connectivity index (χ0) is 9.56. The highest BCUT2D eigenvalue weighted by atomic mass is 127. The van der Waals surface area contributed by atoms with Crippen LogP contribution in [0.5, 0.6) is 0 Å². The molecule has 5 heteroatoms. The molecular formula is C7H5I3O2. The molecule has 0 radical (unpaired) electrons. The van der Waals surface area contributed by atoms with E-state index in [-0.39, 0.29) is 6.47 Å². The Balaban J connectivity index is 0.000000354. The molecule has 0 amide bonds. The lowest BCUT2D eigenvalue weighted by Crippen LogP contribution is -1.78. The quantitative estimate of drug-likeness (QED) is 0.337. The van der Waals surface area contributed by atoms with Crippen molar-refractivity contribution < 1.29 is 9.90 Å². The molecule has 0 unspecified atom stereocenters. The van der Waals surface area contributed by atoms with Crippen molar-refractivity contribution in [3.8, 4) is 0 Å². The molecule has 0 fully saturated rings. The van der Waals surface area contributed by atoms with Crippen molar-refractivity contribution >= 4 is 74.2 Å². The van der Waals surface area contributed by atoms with E-state index in [9.17, 15) is 0 Å². The Bertz CT molecular complexity index is 263. The van der Waals surface area contributed by atoms with E-state index in [0.29, 0.717) is 0 Å². The van der Waals surface area contributed by atoms with Crippen LogP contribution in [-0.4, -0.2) is 11.6 Å². The van der Waals surface area contributed by atoms with Gasteiger partial charge < -0.3 is 5.11 Å². The van der Waals surface area contributed by atoms with Gasteiger partial charge in [-0.1, -0.05) is 0 Å². The largest absolute Gasteiger partial charge is 0.483 e. The minimum atomic E-state index is -0.250. The summed E-state index contributed by atoms with van der Waals surface area (Å²) in [6.07, 6.45) is 0. The maximum atomic E-state index is 8.36. The predicted molar refractivity (Wildman–Crippen MR) is 73.3 cm³/mol. The lowest BCUT2D eigenvalue weighted by molar-refractivity contribution is -0.122. The maximum absolute atomic E-state index is 8.36. The van der Waals surface area contributed by atoms with E-state index < -0.39 is 0 Å². The van der Waals surface area contributed by atoms with Gasteiger partial charge in [-0.05, 0) is 86.0 Å². The van der Waals surface area contributed by atoms with Crippen molar-refractivity contribution in [2.24, 2.45) is 0 Å². The van der Waals surface area contributed by atoms with Crippen LogP contribution in [0.4, 0.5) is 0 Å². The average molecular weight is 502 g/mol. The Morgan fingerprint density at radius 1 is 1.17 bits per heavy atom. The van der Waals surface area contributed by atoms with Crippen LogP contribution in [0.25, 0.3) is 0 Å². The van der Waals surface area contributed by atoms with Crippen LogP contribution in [0.2, 0.25) is 0 Å². The number of rotatable bonds is 0. The number of hydrogen-bond donors (Lipinski definition) is 1. The Morgan fingerprint density at radius 2 is 1.67 bits per heavy atom. The Hall–Kier alpha value is 0.880. The molecule has 66 valence electrons. The summed E-state index contributed by atoms with van der Waals surface area (Å²) in [5.41, 5.74) is 0. The van der Waals surface area contributed by atoms with Gasteiger partial charge in [0.05, 0.1) is 0 Å². The van der Waals surface area contributed by atoms with E-state index in [0.717, 1.165) is 0 Å². The zero-order valence-corrected chi connectivity index (χ0v) is 12.3. The molecule has 0 aliphatic heterocycles. The number of hydrogen-bond acceptors (Lipinski definition) is 1. The van der Waals surface area contributed by atoms with Gasteiger partial charge in [-0.15, -0.1) is 0 Å². The summed E-state index contributed by atoms with van der Waals surface area (Å²) in [6.45, 7) is -0.250. The fourth-order valence-electron chi connectivity index (χ4n) is 0.470. The monoisotopic (exact) mass is 502 g/mol. The summed E-state index contributed by atoms with van der Waals surface area (Å²) in [5.74, 6) is 0. The van der Waals surface area contributed by atoms with E-state index in [1.54, 1.807) is 0 Å². The van der Waals surface area contributed by atoms with Gasteiger partial charge in [-0.25, -0.2) is 0 Å². The number of carboxylic acid groups (broad SMARTS) is 1. The van der Waals surface area contributed by atoms with Gasteiger partial charge >= 0.3 is 0 Å². The lowest BCUT2D eigenvalue weighted by Gasteiger charge is -1.94. The molecule has 0 aliphatic carbocycles. The lowest BCUT2D eigenvalue weighted by atomic mass is 10.4. The SMILES string of the molecule is Ic1ccc(I)c(I)c1.O=CO. The van der Waals surface area contributed by atoms with Crippen molar-refractivity contribution in [2.75, 3.05) is 0 Å². The molecule has 0 bridgehead atoms. The molecule has 1 rings (SSSR count). The van der Waals surface area contributed by atoms with E-state index in [4.69, 9.17) is 9.90 Å². The number of carbonyl (C=O) groups is 1. The van der Waals surface area contributed by atoms with E-state index >= 15 is 0 Å². The van der Waals surface area contributed by atoms with Crippen molar-refractivity contribution in [1.29, 1.82) is 0 Å². The fourth-order valence-corrected chi connectivity index (χ4v) is 2.41. The first kappa shape index (κ1) is 12.9. The normalized spacial score (nSPS) is 8.25. The van der Waals surface area contributed by atoms with Gasteiger partial charge in [-0.2, -0.15) is 0 Å². The molecule has 0 aromatic heterocycles. The predicted octanol–water partition coefficient (Wildman–Crippen LogP) is 3.20. The molecule has 1 aromatic rings. The van der Waals surface area contributed by atoms with E-state index in [2.05, 4.69) is 86.0 Å². The molecule has 2 nitrogen and oxygen atoms in total. The highest BCUT2D eigenvalue weighted by Gasteiger charge is 1.93. The smallest absolute Gasteiger partial charge is 0.290 e. The van der Waals surface area contributed by atoms with E-state index in [1.165, 1.54) is 10.7 Å². The second kappa shape index (κ2) is 7.30. The summed E-state index contributed by atoms with van der Waals surface area (Å²) >= 11 is 6.98. The van der Waals surface area contributed by atoms with E-state index in [1.807, 2.05) is 0 Å². The topological polar surface area (TPSA) is 37.3 Å². The third kappa shape index (κ3) is 5.51. The second-order valence-corrected chi connectivity index (χ2v) is 5.23. The molecule has 0 atom stereocenters. The van der Waals surface area contributed by atoms with Crippen LogP contribution in [-0.2, 0) is 4.79 Å². The first-order valence-corrected chi connectivity index (χ1v) is 6.04. The molecule has 0 aliphatic rings. The summed E-state index contributed by atoms with van der Waals surface area (Å²) in [6, 6.07) is 6.41. The third-order valence-electron chi connectivity index (χ3n) is 0.882. The summed E-state index contributed by atoms with van der Waals surface area (Å²) in [7, 11) is 0. The van der Waals surface area contributed by atoms with Gasteiger partial charge in [-0.3, -0.25) is 4.79 Å². The van der Waals surface area contributed by atoms with Crippen LogP contribution >= 0.6 is 67.8 Å². The molecule has 1 N–H and O–H groups in total. The first-order valence-electron chi connectivity index (χ1n) is 2.80. The molecule has 1 aromatic carbocycles. The molecule has 0 spiro atoms. The summed E-state index contributed by atoms with van der Waals surface area (Å²) in [4.78, 5) is 8.36. The Labute approximate surface area is 112 Å². The van der Waals surface area contributed by atoms with Gasteiger partial charge in [0.2, 0.25) is 0 Å². The molecule has 0 saturated carbocycles. The third-order valence-corrected chi connectivity index (χ3v) is 4.42. The molecule has 0 saturated heterocycles. The van der Waals surface area contributed by atoms with Crippen LogP contribution in [0.15, 0.2) is 18.2 Å². The summed E-state index contributed by atoms with van der Waals surface area (Å²) < 4.78 is 3.96. The second-order valence-electron chi connectivity index (χ2n) is 1.66. The van der Waals surface area contributed by atoms with Crippen molar-refractivity contribution in [3.05, 3.63) is 28.9 Å². The zero-order valence-electron chi connectivity index (χ0n) is 5.80. The van der Waals surface area contributed by atoms with Gasteiger partial charge in [0.1, 0.15) is 0 Å². The maximum Gasteiger partial charge on any atom is 0.290 e. The van der Waals surface area contributed by atoms with Crippen molar-refractivity contribution in [1.82, 2.24) is 0 Å². The number of halogens is 3. The molecule has 0 heterocycles. The van der Waals surface area contributed by atoms with Crippen LogP contribution in [0.3, 0.4) is 0 Å². The minimum absolute atomic E-state index is 0.250. The first-order chi connectivity index (χ1) is 5.61. The molecular weight excluding hydrogens is 497 g/mol. The Morgan fingerprint density at radius 3 is 2.00 bits per heavy atom. The molecule has 12 heavy (non-hydrogen) atoms. The Kier molecular flexibility index (Phi) is 7.83. The van der Waals surface area contributed by atoms with Crippen LogP contribution < -0.4 is 0 Å². The fraction of sp³-hybridized carbons (Fsp3) is 0. The van der Waals surface area contributed by atoms with Gasteiger partial charge in [0, 0.05) is 10.7 Å². The van der Waals surface area contributed by atoms with Crippen LogP contribution in [0, 0.1) is 10.7 Å². The van der Waals surface area contributed by atoms with Crippen molar-refractivity contribution in [2.45, 2.75) is 0 Å². The van der Waals surface area contributed by atoms with Crippen molar-refractivity contribution in [3.63, 3.8) is 0 Å². The van der Waals surface area contributed by atoms with Crippen LogP contribution in [0.1, 0.15) is 0 Å². The highest BCUT2D eigenvalue weighted by molar-refractivity contribution is 14.1. The highest BCUT2D eigenvalue weighted by Crippen LogP contribution is 2.17. The summed E-state index contributed by atoms with van der Waals surface area (Å²) in [5, 5.41) is 6.89. The minimum Gasteiger partial charge on any atom is -0.483 e. The number of benzene rings is 1. The average Bonchev–Trinajstić information content (AvgIpc) is 1.99.